The summed E-state index contributed by atoms with van der Waals surface area (Å²) in [4.78, 5) is 6.57. The minimum Gasteiger partial charge on any atom is -0.397 e. The van der Waals surface area contributed by atoms with Crippen LogP contribution in [0, 0.1) is 0 Å². The van der Waals surface area contributed by atoms with Gasteiger partial charge in [-0.3, -0.25) is 0 Å². The quantitative estimate of drug-likeness (QED) is 0.759. The monoisotopic (exact) mass is 206 g/mol. The van der Waals surface area contributed by atoms with E-state index >= 15 is 0 Å². The van der Waals surface area contributed by atoms with Crippen molar-refractivity contribution in [2.75, 3.05) is 31.2 Å². The number of nitrogens with zero attached hydrogens (tertiary/aromatic N) is 2. The number of aromatic nitrogens is 1. The standard InChI is InChI=1S/C11H18N4/c1-15(10-3-4-10)7-6-13-11-5-2-9(12)8-14-11/h2,5,8,10H,3-4,6-7,12H2,1H3,(H,13,14). The lowest BCUT2D eigenvalue weighted by Gasteiger charge is -2.15. The highest BCUT2D eigenvalue weighted by molar-refractivity contribution is 5.43. The molecule has 1 saturated carbocycles. The van der Waals surface area contributed by atoms with Crippen molar-refractivity contribution in [3.05, 3.63) is 18.3 Å². The van der Waals surface area contributed by atoms with Crippen LogP contribution in [0.4, 0.5) is 11.5 Å². The number of rotatable bonds is 5. The Morgan fingerprint density at radius 2 is 2.33 bits per heavy atom. The highest BCUT2D eigenvalue weighted by Crippen LogP contribution is 2.24. The summed E-state index contributed by atoms with van der Waals surface area (Å²) in [7, 11) is 2.18. The summed E-state index contributed by atoms with van der Waals surface area (Å²) in [6.07, 6.45) is 4.39. The van der Waals surface area contributed by atoms with Crippen LogP contribution in [-0.4, -0.2) is 36.1 Å². The Balaban J connectivity index is 1.70. The fraction of sp³-hybridized carbons (Fsp3) is 0.545. The largest absolute Gasteiger partial charge is 0.397 e. The zero-order valence-corrected chi connectivity index (χ0v) is 9.11. The molecule has 0 saturated heterocycles. The molecule has 4 nitrogen and oxygen atoms in total. The van der Waals surface area contributed by atoms with Gasteiger partial charge in [0.05, 0.1) is 11.9 Å². The number of pyridine rings is 1. The predicted octanol–water partition coefficient (Wildman–Crippen LogP) is 1.17. The molecule has 0 aliphatic heterocycles. The zero-order chi connectivity index (χ0) is 10.7. The Bertz CT molecular complexity index is 305. The second-order valence-electron chi connectivity index (χ2n) is 4.12. The third kappa shape index (κ3) is 3.09. The summed E-state index contributed by atoms with van der Waals surface area (Å²) >= 11 is 0. The van der Waals surface area contributed by atoms with Crippen LogP contribution in [0.2, 0.25) is 0 Å². The molecule has 0 atom stereocenters. The fourth-order valence-electron chi connectivity index (χ4n) is 1.57. The summed E-state index contributed by atoms with van der Waals surface area (Å²) in [5.74, 6) is 0.897. The van der Waals surface area contributed by atoms with E-state index in [2.05, 4.69) is 22.2 Å². The summed E-state index contributed by atoms with van der Waals surface area (Å²) in [6.45, 7) is 2.00. The van der Waals surface area contributed by atoms with Crippen molar-refractivity contribution in [2.24, 2.45) is 0 Å². The Kier molecular flexibility index (Phi) is 3.06. The Morgan fingerprint density at radius 3 is 2.93 bits per heavy atom. The molecule has 0 radical (unpaired) electrons. The van der Waals surface area contributed by atoms with Gasteiger partial charge in [0.15, 0.2) is 0 Å². The first-order chi connectivity index (χ1) is 7.25. The number of nitrogens with two attached hydrogens (primary N) is 1. The van der Waals surface area contributed by atoms with Crippen molar-refractivity contribution < 1.29 is 0 Å². The second kappa shape index (κ2) is 4.49. The van der Waals surface area contributed by atoms with Crippen LogP contribution in [0.3, 0.4) is 0 Å². The maximum absolute atomic E-state index is 5.55. The van der Waals surface area contributed by atoms with Gasteiger partial charge in [0.1, 0.15) is 5.82 Å². The molecule has 0 amide bonds. The summed E-state index contributed by atoms with van der Waals surface area (Å²) < 4.78 is 0. The van der Waals surface area contributed by atoms with Crippen LogP contribution in [0.5, 0.6) is 0 Å². The van der Waals surface area contributed by atoms with Gasteiger partial charge in [0.2, 0.25) is 0 Å². The van der Waals surface area contributed by atoms with Crippen LogP contribution >= 0.6 is 0 Å². The number of nitrogens with one attached hydrogen (secondary N) is 1. The first kappa shape index (κ1) is 10.2. The van der Waals surface area contributed by atoms with Gasteiger partial charge < -0.3 is 16.0 Å². The average Bonchev–Trinajstić information content (AvgIpc) is 3.04. The molecule has 3 N–H and O–H groups in total. The Labute approximate surface area is 90.5 Å². The molecule has 2 rings (SSSR count). The molecule has 1 fully saturated rings. The van der Waals surface area contributed by atoms with Gasteiger partial charge in [0, 0.05) is 19.1 Å². The van der Waals surface area contributed by atoms with Gasteiger partial charge in [-0.1, -0.05) is 0 Å². The van der Waals surface area contributed by atoms with E-state index in [4.69, 9.17) is 5.73 Å². The maximum atomic E-state index is 5.55. The SMILES string of the molecule is CN(CCNc1ccc(N)cn1)C1CC1. The van der Waals surface area contributed by atoms with E-state index in [0.717, 1.165) is 24.9 Å². The van der Waals surface area contributed by atoms with E-state index in [1.54, 1.807) is 6.20 Å². The molecule has 1 aliphatic rings. The Morgan fingerprint density at radius 1 is 1.53 bits per heavy atom. The smallest absolute Gasteiger partial charge is 0.126 e. The first-order valence-corrected chi connectivity index (χ1v) is 5.41. The summed E-state index contributed by atoms with van der Waals surface area (Å²) in [5.41, 5.74) is 6.26. The lowest BCUT2D eigenvalue weighted by Crippen LogP contribution is -2.27. The molecule has 1 heterocycles. The molecule has 1 aliphatic carbocycles. The predicted molar refractivity (Wildman–Crippen MR) is 62.8 cm³/mol. The molecule has 4 heteroatoms. The van der Waals surface area contributed by atoms with E-state index in [1.165, 1.54) is 12.8 Å². The molecular formula is C11H18N4. The average molecular weight is 206 g/mol. The van der Waals surface area contributed by atoms with E-state index in [1.807, 2.05) is 12.1 Å². The van der Waals surface area contributed by atoms with Crippen molar-refractivity contribution >= 4 is 11.5 Å². The van der Waals surface area contributed by atoms with Crippen molar-refractivity contribution in [2.45, 2.75) is 18.9 Å². The lowest BCUT2D eigenvalue weighted by atomic mass is 10.4. The molecule has 0 spiro atoms. The molecule has 1 aromatic heterocycles. The third-order valence-electron chi connectivity index (χ3n) is 2.73. The van der Waals surface area contributed by atoms with Crippen molar-refractivity contribution in [3.8, 4) is 0 Å². The minimum absolute atomic E-state index is 0.704. The normalized spacial score (nSPS) is 15.6. The van der Waals surface area contributed by atoms with Crippen molar-refractivity contribution in [1.29, 1.82) is 0 Å². The van der Waals surface area contributed by atoms with Gasteiger partial charge in [-0.15, -0.1) is 0 Å². The van der Waals surface area contributed by atoms with E-state index in [-0.39, 0.29) is 0 Å². The number of anilines is 2. The van der Waals surface area contributed by atoms with Gasteiger partial charge in [-0.25, -0.2) is 4.98 Å². The van der Waals surface area contributed by atoms with Crippen LogP contribution < -0.4 is 11.1 Å². The van der Waals surface area contributed by atoms with Gasteiger partial charge in [-0.2, -0.15) is 0 Å². The number of likely N-dealkylation sites (N-methyl/N-ethyl adjacent to an activating group) is 1. The molecule has 0 aromatic carbocycles. The molecule has 1 aromatic rings. The second-order valence-corrected chi connectivity index (χ2v) is 4.12. The van der Waals surface area contributed by atoms with Crippen molar-refractivity contribution in [3.63, 3.8) is 0 Å². The van der Waals surface area contributed by atoms with E-state index in [0.29, 0.717) is 5.69 Å². The van der Waals surface area contributed by atoms with E-state index in [9.17, 15) is 0 Å². The van der Waals surface area contributed by atoms with Crippen LogP contribution in [-0.2, 0) is 0 Å². The Hall–Kier alpha value is -1.29. The molecule has 82 valence electrons. The summed E-state index contributed by atoms with van der Waals surface area (Å²) in [5, 5.41) is 3.28. The van der Waals surface area contributed by atoms with E-state index < -0.39 is 0 Å². The number of hydrogen-bond donors (Lipinski definition) is 2. The highest BCUT2D eigenvalue weighted by atomic mass is 15.2. The fourth-order valence-corrected chi connectivity index (χ4v) is 1.57. The van der Waals surface area contributed by atoms with Crippen LogP contribution in [0.15, 0.2) is 18.3 Å². The molecule has 0 bridgehead atoms. The minimum atomic E-state index is 0.704. The van der Waals surface area contributed by atoms with Gasteiger partial charge in [0.25, 0.3) is 0 Å². The molecule has 0 unspecified atom stereocenters. The highest BCUT2D eigenvalue weighted by Gasteiger charge is 2.25. The number of hydrogen-bond acceptors (Lipinski definition) is 4. The van der Waals surface area contributed by atoms with Crippen LogP contribution in [0.1, 0.15) is 12.8 Å². The molecular weight excluding hydrogens is 188 g/mol. The van der Waals surface area contributed by atoms with Gasteiger partial charge >= 0.3 is 0 Å². The van der Waals surface area contributed by atoms with Crippen molar-refractivity contribution in [1.82, 2.24) is 9.88 Å². The number of nitrogen functional groups attached to an aromatic ring is 1. The lowest BCUT2D eigenvalue weighted by molar-refractivity contribution is 0.337. The molecule has 15 heavy (non-hydrogen) atoms. The summed E-state index contributed by atoms with van der Waals surface area (Å²) in [6, 6.07) is 4.60. The third-order valence-corrected chi connectivity index (χ3v) is 2.73. The van der Waals surface area contributed by atoms with Gasteiger partial charge in [-0.05, 0) is 32.0 Å². The van der Waals surface area contributed by atoms with Crippen LogP contribution in [0.25, 0.3) is 0 Å². The maximum Gasteiger partial charge on any atom is 0.126 e. The topological polar surface area (TPSA) is 54.2 Å². The zero-order valence-electron chi connectivity index (χ0n) is 9.11. The first-order valence-electron chi connectivity index (χ1n) is 5.41.